The van der Waals surface area contributed by atoms with Gasteiger partial charge in [-0.1, -0.05) is 32.0 Å². The lowest BCUT2D eigenvalue weighted by atomic mass is 9.87. The van der Waals surface area contributed by atoms with E-state index in [1.807, 2.05) is 24.3 Å². The number of para-hydroxylation sites is 1. The average molecular weight is 315 g/mol. The molecule has 1 saturated heterocycles. The third-order valence-corrected chi connectivity index (χ3v) is 4.97. The van der Waals surface area contributed by atoms with Crippen LogP contribution in [0.1, 0.15) is 51.1 Å². The number of hydrogen-bond acceptors (Lipinski definition) is 2. The van der Waals surface area contributed by atoms with Crippen molar-refractivity contribution in [2.24, 2.45) is 11.3 Å². The molecule has 3 rings (SSSR count). The molecule has 0 radical (unpaired) electrons. The molecule has 2 aliphatic rings. The molecule has 1 heterocycles. The van der Waals surface area contributed by atoms with E-state index < -0.39 is 0 Å². The Morgan fingerprint density at radius 2 is 2.00 bits per heavy atom. The van der Waals surface area contributed by atoms with Gasteiger partial charge in [-0.05, 0) is 42.2 Å². The number of anilines is 1. The summed E-state index contributed by atoms with van der Waals surface area (Å²) in [7, 11) is 0. The van der Waals surface area contributed by atoms with Gasteiger partial charge in [0.1, 0.15) is 0 Å². The van der Waals surface area contributed by atoms with Gasteiger partial charge < -0.3 is 16.0 Å². The summed E-state index contributed by atoms with van der Waals surface area (Å²) >= 11 is 0. The summed E-state index contributed by atoms with van der Waals surface area (Å²) in [5.74, 6) is 0.796. The van der Waals surface area contributed by atoms with Crippen molar-refractivity contribution in [3.8, 4) is 0 Å². The third kappa shape index (κ3) is 3.84. The Bertz CT molecular complexity index is 608. The monoisotopic (exact) mass is 315 g/mol. The maximum atomic E-state index is 12.2. The molecule has 1 atom stereocenters. The molecule has 3 N–H and O–H groups in total. The van der Waals surface area contributed by atoms with Gasteiger partial charge in [0.05, 0.1) is 6.04 Å². The van der Waals surface area contributed by atoms with Crippen LogP contribution in [0.5, 0.6) is 0 Å². The van der Waals surface area contributed by atoms with E-state index >= 15 is 0 Å². The first-order valence-corrected chi connectivity index (χ1v) is 8.39. The van der Waals surface area contributed by atoms with E-state index in [4.69, 9.17) is 0 Å². The highest BCUT2D eigenvalue weighted by Gasteiger charge is 2.37. The lowest BCUT2D eigenvalue weighted by molar-refractivity contribution is -0.119. The minimum Gasteiger partial charge on any atom is -0.349 e. The van der Waals surface area contributed by atoms with Crippen molar-refractivity contribution in [3.63, 3.8) is 0 Å². The smallest absolute Gasteiger partial charge is 0.319 e. The second-order valence-corrected chi connectivity index (χ2v) is 7.32. The van der Waals surface area contributed by atoms with E-state index in [0.29, 0.717) is 13.0 Å². The first-order chi connectivity index (χ1) is 11.0. The fourth-order valence-corrected chi connectivity index (χ4v) is 3.25. The molecular formula is C18H25N3O2. The lowest BCUT2D eigenvalue weighted by Crippen LogP contribution is -2.38. The molecule has 5 nitrogen and oxygen atoms in total. The van der Waals surface area contributed by atoms with E-state index in [-0.39, 0.29) is 23.4 Å². The van der Waals surface area contributed by atoms with Gasteiger partial charge >= 0.3 is 6.03 Å². The predicted molar refractivity (Wildman–Crippen MR) is 90.1 cm³/mol. The van der Waals surface area contributed by atoms with Crippen molar-refractivity contribution in [2.45, 2.75) is 45.6 Å². The zero-order chi connectivity index (χ0) is 16.4. The molecule has 0 bridgehead atoms. The number of benzene rings is 1. The zero-order valence-corrected chi connectivity index (χ0v) is 13.8. The van der Waals surface area contributed by atoms with Crippen molar-refractivity contribution in [3.05, 3.63) is 29.8 Å². The Balaban J connectivity index is 1.61. The molecule has 124 valence electrons. The number of amides is 3. The van der Waals surface area contributed by atoms with E-state index in [1.165, 1.54) is 12.8 Å². The Morgan fingerprint density at radius 3 is 2.65 bits per heavy atom. The predicted octanol–water partition coefficient (Wildman–Crippen LogP) is 3.20. The van der Waals surface area contributed by atoms with Crippen LogP contribution >= 0.6 is 0 Å². The quantitative estimate of drug-likeness (QED) is 0.781. The SMILES string of the molecule is CC(C)(CNC(=O)Nc1ccccc1C1CCC(=O)N1)C1CC1. The number of nitrogens with one attached hydrogen (secondary N) is 3. The zero-order valence-electron chi connectivity index (χ0n) is 13.8. The fraction of sp³-hybridized carbons (Fsp3) is 0.556. The Hall–Kier alpha value is -2.04. The van der Waals surface area contributed by atoms with Gasteiger partial charge in [0.15, 0.2) is 0 Å². The number of urea groups is 1. The fourth-order valence-electron chi connectivity index (χ4n) is 3.25. The van der Waals surface area contributed by atoms with Crippen LogP contribution in [-0.4, -0.2) is 18.5 Å². The second kappa shape index (κ2) is 6.22. The number of hydrogen-bond donors (Lipinski definition) is 3. The van der Waals surface area contributed by atoms with Gasteiger partial charge in [-0.25, -0.2) is 4.79 Å². The molecule has 1 aromatic rings. The number of rotatable bonds is 5. The lowest BCUT2D eigenvalue weighted by Gasteiger charge is -2.25. The third-order valence-electron chi connectivity index (χ3n) is 4.97. The van der Waals surface area contributed by atoms with Crippen molar-refractivity contribution < 1.29 is 9.59 Å². The molecule has 1 saturated carbocycles. The van der Waals surface area contributed by atoms with Crippen molar-refractivity contribution in [2.75, 3.05) is 11.9 Å². The van der Waals surface area contributed by atoms with Gasteiger partial charge in [-0.3, -0.25) is 4.79 Å². The maximum Gasteiger partial charge on any atom is 0.319 e. The summed E-state index contributed by atoms with van der Waals surface area (Å²) in [5, 5.41) is 8.87. The molecule has 2 fully saturated rings. The molecular weight excluding hydrogens is 290 g/mol. The van der Waals surface area contributed by atoms with E-state index in [1.54, 1.807) is 0 Å². The van der Waals surface area contributed by atoms with Gasteiger partial charge in [-0.15, -0.1) is 0 Å². The largest absolute Gasteiger partial charge is 0.349 e. The van der Waals surface area contributed by atoms with Crippen LogP contribution in [0.3, 0.4) is 0 Å². The molecule has 5 heteroatoms. The van der Waals surface area contributed by atoms with Crippen LogP contribution in [0.15, 0.2) is 24.3 Å². The highest BCUT2D eigenvalue weighted by molar-refractivity contribution is 5.90. The molecule has 0 aromatic heterocycles. The maximum absolute atomic E-state index is 12.2. The minimum atomic E-state index is -0.185. The Morgan fingerprint density at radius 1 is 1.26 bits per heavy atom. The first-order valence-electron chi connectivity index (χ1n) is 8.39. The Labute approximate surface area is 137 Å². The van der Waals surface area contributed by atoms with Crippen LogP contribution in [0.4, 0.5) is 10.5 Å². The first kappa shape index (κ1) is 15.8. The molecule has 1 aliphatic heterocycles. The normalized spacial score (nSPS) is 21.0. The topological polar surface area (TPSA) is 70.2 Å². The van der Waals surface area contributed by atoms with Gasteiger partial charge in [0.25, 0.3) is 0 Å². The molecule has 3 amide bonds. The second-order valence-electron chi connectivity index (χ2n) is 7.32. The molecule has 0 spiro atoms. The van der Waals surface area contributed by atoms with Crippen LogP contribution in [-0.2, 0) is 4.79 Å². The van der Waals surface area contributed by atoms with E-state index in [9.17, 15) is 9.59 Å². The Kier molecular flexibility index (Phi) is 4.28. The van der Waals surface area contributed by atoms with E-state index in [2.05, 4.69) is 29.8 Å². The van der Waals surface area contributed by atoms with Crippen LogP contribution in [0.2, 0.25) is 0 Å². The van der Waals surface area contributed by atoms with E-state index in [0.717, 1.165) is 23.6 Å². The number of carbonyl (C=O) groups is 2. The van der Waals surface area contributed by atoms with Crippen LogP contribution in [0, 0.1) is 11.3 Å². The molecule has 1 aliphatic carbocycles. The summed E-state index contributed by atoms with van der Waals surface area (Å²) in [6.45, 7) is 5.08. The highest BCUT2D eigenvalue weighted by atomic mass is 16.2. The van der Waals surface area contributed by atoms with Crippen LogP contribution in [0.25, 0.3) is 0 Å². The number of carbonyl (C=O) groups excluding carboxylic acids is 2. The summed E-state index contributed by atoms with van der Waals surface area (Å²) in [6, 6.07) is 7.46. The molecule has 1 unspecified atom stereocenters. The average Bonchev–Trinajstić information content (AvgIpc) is 3.29. The molecule has 1 aromatic carbocycles. The standard InChI is InChI=1S/C18H25N3O2/c1-18(2,12-7-8-12)11-19-17(23)21-14-6-4-3-5-13(14)15-9-10-16(22)20-15/h3-6,12,15H,7-11H2,1-2H3,(H,20,22)(H2,19,21,23). The summed E-state index contributed by atoms with van der Waals surface area (Å²) < 4.78 is 0. The molecule has 23 heavy (non-hydrogen) atoms. The minimum absolute atomic E-state index is 0.0121. The van der Waals surface area contributed by atoms with Crippen molar-refractivity contribution in [1.82, 2.24) is 10.6 Å². The highest BCUT2D eigenvalue weighted by Crippen LogP contribution is 2.44. The van der Waals surface area contributed by atoms with Gasteiger partial charge in [-0.2, -0.15) is 0 Å². The van der Waals surface area contributed by atoms with Gasteiger partial charge in [0, 0.05) is 18.7 Å². The summed E-state index contributed by atoms with van der Waals surface area (Å²) in [5.41, 5.74) is 1.88. The van der Waals surface area contributed by atoms with Crippen molar-refractivity contribution in [1.29, 1.82) is 0 Å². The van der Waals surface area contributed by atoms with Crippen LogP contribution < -0.4 is 16.0 Å². The van der Waals surface area contributed by atoms with Gasteiger partial charge in [0.2, 0.25) is 5.91 Å². The summed E-state index contributed by atoms with van der Waals surface area (Å²) in [6.07, 6.45) is 3.84. The summed E-state index contributed by atoms with van der Waals surface area (Å²) in [4.78, 5) is 23.7. The van der Waals surface area contributed by atoms with Crippen molar-refractivity contribution >= 4 is 17.6 Å².